The molecule has 3 rings (SSSR count). The lowest BCUT2D eigenvalue weighted by Crippen LogP contribution is -2.38. The normalized spacial score (nSPS) is 11.2. The Balaban J connectivity index is 1.88. The van der Waals surface area contributed by atoms with Crippen LogP contribution < -0.4 is 14.4 Å². The van der Waals surface area contributed by atoms with E-state index in [9.17, 15) is 13.2 Å². The zero-order chi connectivity index (χ0) is 22.4. The van der Waals surface area contributed by atoms with Crippen molar-refractivity contribution >= 4 is 43.2 Å². The summed E-state index contributed by atoms with van der Waals surface area (Å²) in [4.78, 5) is 12.9. The van der Waals surface area contributed by atoms with Crippen molar-refractivity contribution in [3.8, 4) is 5.75 Å². The number of nitrogens with zero attached hydrogens (tertiary/aromatic N) is 1. The summed E-state index contributed by atoms with van der Waals surface area (Å²) >= 11 is 3.36. The highest BCUT2D eigenvalue weighted by Gasteiger charge is 2.27. The lowest BCUT2D eigenvalue weighted by atomic mass is 10.3. The number of nitrogens with one attached hydrogen (secondary N) is 1. The number of anilines is 2. The molecule has 0 saturated carbocycles. The van der Waals surface area contributed by atoms with Gasteiger partial charge in [-0.2, -0.15) is 0 Å². The molecule has 0 heterocycles. The van der Waals surface area contributed by atoms with Crippen molar-refractivity contribution in [2.75, 3.05) is 16.2 Å². The zero-order valence-corrected chi connectivity index (χ0v) is 19.6. The monoisotopic (exact) mass is 502 g/mol. The lowest BCUT2D eigenvalue weighted by Gasteiger charge is -2.24. The fourth-order valence-corrected chi connectivity index (χ4v) is 4.74. The van der Waals surface area contributed by atoms with Gasteiger partial charge in [-0.1, -0.05) is 46.3 Å². The van der Waals surface area contributed by atoms with E-state index in [4.69, 9.17) is 4.74 Å². The molecule has 0 radical (unpaired) electrons. The van der Waals surface area contributed by atoms with Gasteiger partial charge in [0.15, 0.2) is 0 Å². The van der Waals surface area contributed by atoms with Gasteiger partial charge in [0.1, 0.15) is 12.3 Å². The third-order valence-electron chi connectivity index (χ3n) is 4.20. The number of carbonyl (C=O) groups is 1. The summed E-state index contributed by atoms with van der Waals surface area (Å²) in [5.41, 5.74) is 0.903. The van der Waals surface area contributed by atoms with E-state index >= 15 is 0 Å². The van der Waals surface area contributed by atoms with Gasteiger partial charge in [0.25, 0.3) is 10.0 Å². The van der Waals surface area contributed by atoms with Crippen molar-refractivity contribution in [1.82, 2.24) is 0 Å². The Morgan fingerprint density at radius 2 is 1.71 bits per heavy atom. The Bertz CT molecular complexity index is 1150. The van der Waals surface area contributed by atoms with Crippen LogP contribution in [0.2, 0.25) is 0 Å². The molecule has 0 aliphatic carbocycles. The average Bonchev–Trinajstić information content (AvgIpc) is 2.72. The SMILES string of the molecule is CC(C)Oc1cccc(NC(=O)CN(c2cccc(Br)c2)S(=O)(=O)c2ccccc2)c1. The van der Waals surface area contributed by atoms with Crippen LogP contribution in [0.4, 0.5) is 11.4 Å². The first-order valence-corrected chi connectivity index (χ1v) is 11.9. The van der Waals surface area contributed by atoms with Crippen molar-refractivity contribution in [1.29, 1.82) is 0 Å². The molecule has 0 fully saturated rings. The summed E-state index contributed by atoms with van der Waals surface area (Å²) in [6.45, 7) is 3.44. The minimum absolute atomic E-state index is 0.00557. The Hall–Kier alpha value is -2.84. The first-order chi connectivity index (χ1) is 14.8. The average molecular weight is 503 g/mol. The summed E-state index contributed by atoms with van der Waals surface area (Å²) < 4.78 is 34.1. The molecule has 31 heavy (non-hydrogen) atoms. The van der Waals surface area contributed by atoms with E-state index in [-0.39, 0.29) is 17.5 Å². The largest absolute Gasteiger partial charge is 0.491 e. The molecule has 1 amide bonds. The van der Waals surface area contributed by atoms with Crippen molar-refractivity contribution in [2.45, 2.75) is 24.8 Å². The molecular weight excluding hydrogens is 480 g/mol. The molecule has 0 bridgehead atoms. The number of hydrogen-bond donors (Lipinski definition) is 1. The zero-order valence-electron chi connectivity index (χ0n) is 17.2. The van der Waals surface area contributed by atoms with Crippen molar-refractivity contribution in [3.63, 3.8) is 0 Å². The molecule has 162 valence electrons. The van der Waals surface area contributed by atoms with E-state index in [0.717, 1.165) is 4.31 Å². The highest BCUT2D eigenvalue weighted by molar-refractivity contribution is 9.10. The summed E-state index contributed by atoms with van der Waals surface area (Å²) in [5.74, 6) is 0.148. The maximum Gasteiger partial charge on any atom is 0.264 e. The van der Waals surface area contributed by atoms with Crippen LogP contribution in [0.5, 0.6) is 5.75 Å². The third kappa shape index (κ3) is 6.08. The van der Waals surface area contributed by atoms with E-state index in [1.807, 2.05) is 13.8 Å². The van der Waals surface area contributed by atoms with Gasteiger partial charge in [-0.05, 0) is 56.3 Å². The molecule has 0 atom stereocenters. The molecule has 0 unspecified atom stereocenters. The fraction of sp³-hybridized carbons (Fsp3) is 0.174. The maximum absolute atomic E-state index is 13.3. The topological polar surface area (TPSA) is 75.7 Å². The summed E-state index contributed by atoms with van der Waals surface area (Å²) in [5, 5.41) is 2.76. The van der Waals surface area contributed by atoms with Crippen LogP contribution in [-0.2, 0) is 14.8 Å². The molecule has 3 aromatic carbocycles. The highest BCUT2D eigenvalue weighted by Crippen LogP contribution is 2.26. The van der Waals surface area contributed by atoms with E-state index in [1.54, 1.807) is 66.7 Å². The Morgan fingerprint density at radius 3 is 2.39 bits per heavy atom. The Morgan fingerprint density at radius 1 is 1.00 bits per heavy atom. The standard InChI is InChI=1S/C23H23BrN2O4S/c1-17(2)30-21-11-7-9-19(15-21)25-23(27)16-26(20-10-6-8-18(24)14-20)31(28,29)22-12-4-3-5-13-22/h3-15,17H,16H2,1-2H3,(H,25,27). The summed E-state index contributed by atoms with van der Waals surface area (Å²) in [6.07, 6.45) is -0.00557. The van der Waals surface area contributed by atoms with Gasteiger partial charge in [-0.15, -0.1) is 0 Å². The van der Waals surface area contributed by atoms with E-state index in [0.29, 0.717) is 21.6 Å². The molecule has 6 nitrogen and oxygen atoms in total. The van der Waals surface area contributed by atoms with Crippen LogP contribution in [0.15, 0.2) is 88.2 Å². The quantitative estimate of drug-likeness (QED) is 0.466. The van der Waals surface area contributed by atoms with Crippen LogP contribution in [0.25, 0.3) is 0 Å². The van der Waals surface area contributed by atoms with Gasteiger partial charge in [-0.3, -0.25) is 9.10 Å². The van der Waals surface area contributed by atoms with Crippen LogP contribution in [0.1, 0.15) is 13.8 Å². The summed E-state index contributed by atoms with van der Waals surface area (Å²) in [7, 11) is -3.96. The minimum atomic E-state index is -3.96. The van der Waals surface area contributed by atoms with Gasteiger partial charge in [0, 0.05) is 16.2 Å². The summed E-state index contributed by atoms with van der Waals surface area (Å²) in [6, 6.07) is 21.8. The number of amides is 1. The first-order valence-electron chi connectivity index (χ1n) is 9.65. The lowest BCUT2D eigenvalue weighted by molar-refractivity contribution is -0.114. The molecule has 8 heteroatoms. The van der Waals surface area contributed by atoms with Gasteiger partial charge >= 0.3 is 0 Å². The molecule has 0 aliphatic rings. The van der Waals surface area contributed by atoms with Crippen LogP contribution >= 0.6 is 15.9 Å². The number of halogens is 1. The number of carbonyl (C=O) groups excluding carboxylic acids is 1. The predicted molar refractivity (Wildman–Crippen MR) is 126 cm³/mol. The van der Waals surface area contributed by atoms with Gasteiger partial charge in [0.2, 0.25) is 5.91 Å². The molecule has 1 N–H and O–H groups in total. The molecule has 0 aromatic heterocycles. The van der Waals surface area contributed by atoms with E-state index in [1.165, 1.54) is 12.1 Å². The minimum Gasteiger partial charge on any atom is -0.491 e. The predicted octanol–water partition coefficient (Wildman–Crippen LogP) is 5.07. The molecule has 0 spiro atoms. The van der Waals surface area contributed by atoms with Crippen molar-refractivity contribution in [2.24, 2.45) is 0 Å². The second kappa shape index (κ2) is 9.98. The maximum atomic E-state index is 13.3. The van der Waals surface area contributed by atoms with Gasteiger partial charge in [-0.25, -0.2) is 8.42 Å². The number of ether oxygens (including phenoxy) is 1. The molecular formula is C23H23BrN2O4S. The van der Waals surface area contributed by atoms with Crippen molar-refractivity contribution < 1.29 is 17.9 Å². The Labute approximate surface area is 191 Å². The van der Waals surface area contributed by atoms with Crippen LogP contribution in [-0.4, -0.2) is 27.0 Å². The second-order valence-electron chi connectivity index (χ2n) is 7.05. The highest BCUT2D eigenvalue weighted by atomic mass is 79.9. The number of sulfonamides is 1. The fourth-order valence-electron chi connectivity index (χ4n) is 2.92. The third-order valence-corrected chi connectivity index (χ3v) is 6.49. The second-order valence-corrected chi connectivity index (χ2v) is 9.83. The van der Waals surface area contributed by atoms with Crippen LogP contribution in [0, 0.1) is 0 Å². The number of benzene rings is 3. The van der Waals surface area contributed by atoms with Crippen molar-refractivity contribution in [3.05, 3.63) is 83.3 Å². The number of rotatable bonds is 8. The van der Waals surface area contributed by atoms with Crippen LogP contribution in [0.3, 0.4) is 0 Å². The van der Waals surface area contributed by atoms with E-state index < -0.39 is 15.9 Å². The van der Waals surface area contributed by atoms with Gasteiger partial charge < -0.3 is 10.1 Å². The first kappa shape index (κ1) is 22.8. The van der Waals surface area contributed by atoms with E-state index in [2.05, 4.69) is 21.2 Å². The smallest absolute Gasteiger partial charge is 0.264 e. The molecule has 0 aliphatic heterocycles. The Kier molecular flexibility index (Phi) is 7.35. The number of hydrogen-bond acceptors (Lipinski definition) is 4. The van der Waals surface area contributed by atoms with Gasteiger partial charge in [0.05, 0.1) is 16.7 Å². The molecule has 0 saturated heterocycles. The molecule has 3 aromatic rings.